The molecule has 0 unspecified atom stereocenters. The van der Waals surface area contributed by atoms with Gasteiger partial charge in [-0.05, 0) is 6.08 Å². The molecule has 0 aromatic heterocycles. The van der Waals surface area contributed by atoms with Crippen LogP contribution in [0.5, 0.6) is 0 Å². The summed E-state index contributed by atoms with van der Waals surface area (Å²) in [6, 6.07) is 0. The Kier molecular flexibility index (Phi) is 17.7. The maximum absolute atomic E-state index is 12.4. The van der Waals surface area contributed by atoms with Crippen molar-refractivity contribution in [2.45, 2.75) is 49.0 Å². The first-order chi connectivity index (χ1) is 21.5. The quantitative estimate of drug-likeness (QED) is 0.124. The second kappa shape index (κ2) is 20.3. The van der Waals surface area contributed by atoms with Gasteiger partial charge in [0.05, 0.1) is 6.26 Å². The molecule has 0 spiro atoms. The second-order valence-electron chi connectivity index (χ2n) is 8.63. The lowest BCUT2D eigenvalue weighted by atomic mass is 9.97. The van der Waals surface area contributed by atoms with Gasteiger partial charge < -0.3 is 42.6 Å². The number of carbonyl (C=O) groups is 6. The number of carbonyl (C=O) groups excluding carboxylic acids is 6. The van der Waals surface area contributed by atoms with Crippen molar-refractivity contribution < 1.29 is 71.4 Å². The van der Waals surface area contributed by atoms with Gasteiger partial charge in [-0.3, -0.25) is 28.8 Å². The van der Waals surface area contributed by atoms with Crippen LogP contribution < -0.4 is 0 Å². The first-order valence-corrected chi connectivity index (χ1v) is 15.8. The molecule has 2 aliphatic rings. The van der Waals surface area contributed by atoms with Crippen LogP contribution in [0.3, 0.4) is 0 Å². The topological polar surface area (TPSA) is 185 Å². The normalized spacial score (nSPS) is 27.3. The van der Waals surface area contributed by atoms with E-state index < -0.39 is 133 Å². The summed E-state index contributed by atoms with van der Waals surface area (Å²) in [7, 11) is 0. The molecule has 0 bridgehead atoms. The smallest absolute Gasteiger partial charge is 0.321 e. The molecule has 21 heteroatoms. The van der Waals surface area contributed by atoms with Crippen LogP contribution in [0, 0.1) is 0 Å². The summed E-state index contributed by atoms with van der Waals surface area (Å²) in [5.74, 6) is -9.51. The minimum absolute atomic E-state index is 0.494. The zero-order valence-corrected chi connectivity index (χ0v) is 27.4. The van der Waals surface area contributed by atoms with Crippen molar-refractivity contribution in [1.29, 1.82) is 0 Å². The minimum Gasteiger partial charge on any atom is -0.492 e. The fourth-order valence-electron chi connectivity index (χ4n) is 3.87. The van der Waals surface area contributed by atoms with E-state index in [1.54, 1.807) is 0 Å². The number of esters is 6. The lowest BCUT2D eigenvalue weighted by Crippen LogP contribution is -2.64. The van der Waals surface area contributed by atoms with Crippen molar-refractivity contribution >= 4 is 105 Å². The van der Waals surface area contributed by atoms with Crippen molar-refractivity contribution in [3.05, 3.63) is 12.3 Å². The molecule has 1 fully saturated rings. The van der Waals surface area contributed by atoms with Crippen molar-refractivity contribution in [2.75, 3.05) is 48.5 Å². The van der Waals surface area contributed by atoms with Gasteiger partial charge >= 0.3 is 35.8 Å². The van der Waals surface area contributed by atoms with E-state index in [0.717, 1.165) is 6.26 Å². The highest BCUT2D eigenvalue weighted by Crippen LogP contribution is 2.33. The summed E-state index contributed by atoms with van der Waals surface area (Å²) in [4.78, 5) is 72.8. The first-order valence-electron chi connectivity index (χ1n) is 12.6. The molecule has 0 radical (unpaired) electrons. The van der Waals surface area contributed by atoms with Crippen LogP contribution in [0.4, 0.5) is 0 Å². The molecule has 45 heavy (non-hydrogen) atoms. The Morgan fingerprint density at radius 2 is 0.978 bits per heavy atom. The van der Waals surface area contributed by atoms with Gasteiger partial charge in [0.15, 0.2) is 36.8 Å². The fraction of sp³-hybridized carbons (Fsp3) is 0.667. The van der Waals surface area contributed by atoms with Crippen LogP contribution in [-0.2, 0) is 71.4 Å². The average molecular weight is 767 g/mol. The Labute approximate surface area is 285 Å². The number of hydrogen-bond donors (Lipinski definition) is 0. The second-order valence-corrected chi connectivity index (χ2v) is 10.2. The standard InChI is InChI=1S/C24H26Cl6O15/c25-3-14(31)38-9-12-20(11(1-2-37-12)40-16(33)5-27)45-24-23(44-19(36)8-30)22(43-18(35)7-29)21(42-17(34)6-28)13(41-24)10-39-15(32)4-26/h1-2,11-13,20-24H,3-10H2/t11-,12-,13-,20+,21+,22+,23-,24+/m1/s1. The summed E-state index contributed by atoms with van der Waals surface area (Å²) >= 11 is 33.5. The Hall–Kier alpha value is -1.98. The largest absolute Gasteiger partial charge is 0.492 e. The zero-order valence-electron chi connectivity index (χ0n) is 22.8. The maximum atomic E-state index is 12.4. The summed E-state index contributed by atoms with van der Waals surface area (Å²) in [6.07, 6.45) is -9.98. The fourth-order valence-corrected chi connectivity index (χ4v) is 4.27. The summed E-state index contributed by atoms with van der Waals surface area (Å²) in [5.41, 5.74) is 0. The van der Waals surface area contributed by atoms with Gasteiger partial charge in [-0.1, -0.05) is 0 Å². The summed E-state index contributed by atoms with van der Waals surface area (Å²) < 4.78 is 49.1. The van der Waals surface area contributed by atoms with E-state index in [1.165, 1.54) is 6.08 Å². The Balaban J connectivity index is 2.61. The van der Waals surface area contributed by atoms with Gasteiger partial charge in [0, 0.05) is 0 Å². The number of alkyl halides is 6. The predicted octanol–water partition coefficient (Wildman–Crippen LogP) is 1.18. The number of ether oxygens (including phenoxy) is 9. The molecule has 0 aromatic carbocycles. The van der Waals surface area contributed by atoms with Crippen LogP contribution in [-0.4, -0.2) is 133 Å². The monoisotopic (exact) mass is 764 g/mol. The van der Waals surface area contributed by atoms with Crippen LogP contribution in [0.1, 0.15) is 0 Å². The highest BCUT2D eigenvalue weighted by atomic mass is 35.5. The van der Waals surface area contributed by atoms with Gasteiger partial charge in [0.1, 0.15) is 60.7 Å². The average Bonchev–Trinajstić information content (AvgIpc) is 3.05. The predicted molar refractivity (Wildman–Crippen MR) is 153 cm³/mol. The SMILES string of the molecule is O=C(CCl)OC[C@H]1O[C@@H](O[C@H]2[C@H](OC(=O)CCl)C=CO[C@@H]2COC(=O)CCl)[C@H](OC(=O)CCl)[C@@H](OC(=O)CCl)[C@H]1OC(=O)CCl. The molecule has 8 atom stereocenters. The lowest BCUT2D eigenvalue weighted by Gasteiger charge is -2.46. The molecule has 0 N–H and O–H groups in total. The zero-order chi connectivity index (χ0) is 33.5. The van der Waals surface area contributed by atoms with E-state index >= 15 is 0 Å². The van der Waals surface area contributed by atoms with Crippen molar-refractivity contribution in [2.24, 2.45) is 0 Å². The van der Waals surface area contributed by atoms with E-state index in [1.807, 2.05) is 0 Å². The Bertz CT molecular complexity index is 1080. The summed E-state index contributed by atoms with van der Waals surface area (Å²) in [6.45, 7) is -1.16. The Morgan fingerprint density at radius 1 is 0.533 bits per heavy atom. The van der Waals surface area contributed by atoms with E-state index in [0.29, 0.717) is 0 Å². The lowest BCUT2D eigenvalue weighted by molar-refractivity contribution is -0.328. The van der Waals surface area contributed by atoms with Gasteiger partial charge in [-0.2, -0.15) is 0 Å². The summed E-state index contributed by atoms with van der Waals surface area (Å²) in [5, 5.41) is 0. The van der Waals surface area contributed by atoms with Gasteiger partial charge in [0.2, 0.25) is 0 Å². The maximum Gasteiger partial charge on any atom is 0.321 e. The third-order valence-corrected chi connectivity index (χ3v) is 6.95. The van der Waals surface area contributed by atoms with Crippen molar-refractivity contribution in [3.8, 4) is 0 Å². The highest BCUT2D eigenvalue weighted by Gasteiger charge is 2.55. The highest BCUT2D eigenvalue weighted by molar-refractivity contribution is 6.28. The number of hydrogen-bond acceptors (Lipinski definition) is 15. The van der Waals surface area contributed by atoms with E-state index in [4.69, 9.17) is 112 Å². The van der Waals surface area contributed by atoms with Crippen LogP contribution >= 0.6 is 69.6 Å². The molecule has 1 saturated heterocycles. The molecule has 0 amide bonds. The number of rotatable bonds is 16. The molecule has 15 nitrogen and oxygen atoms in total. The van der Waals surface area contributed by atoms with Crippen LogP contribution in [0.15, 0.2) is 12.3 Å². The molecule has 254 valence electrons. The van der Waals surface area contributed by atoms with Crippen LogP contribution in [0.25, 0.3) is 0 Å². The van der Waals surface area contributed by atoms with Gasteiger partial charge in [-0.25, -0.2) is 0 Å². The van der Waals surface area contributed by atoms with Gasteiger partial charge in [0.25, 0.3) is 0 Å². The third-order valence-electron chi connectivity index (χ3n) is 5.64. The first kappa shape index (κ1) is 39.2. The van der Waals surface area contributed by atoms with Gasteiger partial charge in [-0.15, -0.1) is 69.6 Å². The van der Waals surface area contributed by atoms with E-state index in [2.05, 4.69) is 0 Å². The van der Waals surface area contributed by atoms with Crippen LogP contribution in [0.2, 0.25) is 0 Å². The minimum atomic E-state index is -1.81. The molecule has 0 saturated carbocycles. The molecule has 2 heterocycles. The van der Waals surface area contributed by atoms with E-state index in [-0.39, 0.29) is 0 Å². The van der Waals surface area contributed by atoms with E-state index in [9.17, 15) is 28.8 Å². The molecule has 0 aromatic rings. The molecular weight excluding hydrogens is 741 g/mol. The number of halogens is 6. The third kappa shape index (κ3) is 12.3. The molecule has 2 aliphatic heterocycles. The molecular formula is C24H26Cl6O15. The van der Waals surface area contributed by atoms with Crippen molar-refractivity contribution in [3.63, 3.8) is 0 Å². The van der Waals surface area contributed by atoms with Crippen molar-refractivity contribution in [1.82, 2.24) is 0 Å². The Morgan fingerprint density at radius 3 is 1.49 bits per heavy atom. The molecule has 0 aliphatic carbocycles. The molecule has 2 rings (SSSR count).